The van der Waals surface area contributed by atoms with Gasteiger partial charge in [0.25, 0.3) is 0 Å². The zero-order valence-corrected chi connectivity index (χ0v) is 19.3. The van der Waals surface area contributed by atoms with Crippen molar-refractivity contribution in [3.8, 4) is 5.75 Å². The van der Waals surface area contributed by atoms with Gasteiger partial charge in [0.1, 0.15) is 18.2 Å². The van der Waals surface area contributed by atoms with Crippen LogP contribution in [0.4, 0.5) is 5.82 Å². The number of rotatable bonds is 13. The molecule has 0 aliphatic carbocycles. The van der Waals surface area contributed by atoms with E-state index in [-0.39, 0.29) is 5.78 Å². The maximum atomic E-state index is 13.4. The normalized spacial score (nSPS) is 10.7. The lowest BCUT2D eigenvalue weighted by molar-refractivity contribution is 0.103. The SMILES string of the molecule is CCCCCCCCNc1ncccc1C(=O)c1cccc(OCc2ccccc2)c1C. The molecule has 0 aliphatic heterocycles. The highest BCUT2D eigenvalue weighted by Gasteiger charge is 2.18. The molecule has 3 rings (SSSR count). The van der Waals surface area contributed by atoms with Crippen molar-refractivity contribution in [2.24, 2.45) is 0 Å². The van der Waals surface area contributed by atoms with Crippen LogP contribution in [0.25, 0.3) is 0 Å². The number of carbonyl (C=O) groups excluding carboxylic acids is 1. The predicted octanol–water partition coefficient (Wildman–Crippen LogP) is 6.97. The molecule has 4 heteroatoms. The maximum absolute atomic E-state index is 13.4. The number of nitrogens with zero attached hydrogens (tertiary/aromatic N) is 1. The Morgan fingerprint density at radius 3 is 2.44 bits per heavy atom. The van der Waals surface area contributed by atoms with Gasteiger partial charge in [-0.2, -0.15) is 0 Å². The van der Waals surface area contributed by atoms with Gasteiger partial charge >= 0.3 is 0 Å². The molecule has 0 radical (unpaired) electrons. The molecule has 0 saturated carbocycles. The van der Waals surface area contributed by atoms with Crippen LogP contribution in [-0.2, 0) is 6.61 Å². The number of unbranched alkanes of at least 4 members (excludes halogenated alkanes) is 5. The number of anilines is 1. The second-order valence-corrected chi connectivity index (χ2v) is 8.13. The van der Waals surface area contributed by atoms with E-state index in [4.69, 9.17) is 4.74 Å². The zero-order valence-electron chi connectivity index (χ0n) is 19.3. The Morgan fingerprint density at radius 2 is 1.62 bits per heavy atom. The molecule has 0 unspecified atom stereocenters. The summed E-state index contributed by atoms with van der Waals surface area (Å²) in [4.78, 5) is 17.8. The van der Waals surface area contributed by atoms with Crippen LogP contribution in [0, 0.1) is 6.92 Å². The van der Waals surface area contributed by atoms with Gasteiger partial charge in [0.15, 0.2) is 5.78 Å². The quantitative estimate of drug-likeness (QED) is 0.235. The molecule has 32 heavy (non-hydrogen) atoms. The monoisotopic (exact) mass is 430 g/mol. The molecule has 2 aromatic carbocycles. The molecular weight excluding hydrogens is 396 g/mol. The molecule has 0 atom stereocenters. The van der Waals surface area contributed by atoms with Gasteiger partial charge in [0, 0.05) is 23.9 Å². The second kappa shape index (κ2) is 12.7. The van der Waals surface area contributed by atoms with Crippen molar-refractivity contribution in [1.29, 1.82) is 0 Å². The van der Waals surface area contributed by atoms with Crippen LogP contribution in [0.3, 0.4) is 0 Å². The van der Waals surface area contributed by atoms with Gasteiger partial charge in [-0.05, 0) is 37.1 Å². The van der Waals surface area contributed by atoms with E-state index < -0.39 is 0 Å². The Bertz CT molecular complexity index is 986. The lowest BCUT2D eigenvalue weighted by Gasteiger charge is -2.14. The van der Waals surface area contributed by atoms with Gasteiger partial charge < -0.3 is 10.1 Å². The number of ether oxygens (including phenoxy) is 1. The van der Waals surface area contributed by atoms with Crippen LogP contribution < -0.4 is 10.1 Å². The molecule has 0 bridgehead atoms. The van der Waals surface area contributed by atoms with E-state index in [1.165, 1.54) is 32.1 Å². The number of ketones is 1. The van der Waals surface area contributed by atoms with Crippen molar-refractivity contribution < 1.29 is 9.53 Å². The molecule has 3 aromatic rings. The third-order valence-electron chi connectivity index (χ3n) is 5.64. The van der Waals surface area contributed by atoms with E-state index in [0.29, 0.717) is 23.6 Å². The molecule has 0 saturated heterocycles. The number of pyridine rings is 1. The van der Waals surface area contributed by atoms with Crippen molar-refractivity contribution in [3.63, 3.8) is 0 Å². The number of benzene rings is 2. The van der Waals surface area contributed by atoms with E-state index in [2.05, 4.69) is 17.2 Å². The van der Waals surface area contributed by atoms with E-state index >= 15 is 0 Å². The van der Waals surface area contributed by atoms with Gasteiger partial charge in [0.2, 0.25) is 0 Å². The summed E-state index contributed by atoms with van der Waals surface area (Å²) in [5, 5.41) is 3.37. The topological polar surface area (TPSA) is 51.2 Å². The average Bonchev–Trinajstić information content (AvgIpc) is 2.83. The van der Waals surface area contributed by atoms with Crippen molar-refractivity contribution in [2.45, 2.75) is 59.0 Å². The third-order valence-corrected chi connectivity index (χ3v) is 5.64. The van der Waals surface area contributed by atoms with Gasteiger partial charge in [-0.15, -0.1) is 0 Å². The van der Waals surface area contributed by atoms with Crippen LogP contribution >= 0.6 is 0 Å². The van der Waals surface area contributed by atoms with Crippen molar-refractivity contribution in [1.82, 2.24) is 4.98 Å². The molecule has 1 N–H and O–H groups in total. The first-order valence-electron chi connectivity index (χ1n) is 11.7. The van der Waals surface area contributed by atoms with Crippen molar-refractivity contribution >= 4 is 11.6 Å². The standard InChI is InChI=1S/C28H34N2O2/c1-3-4-5-6-7-11-19-29-28-25(17-13-20-30-28)27(31)24-16-12-18-26(22(24)2)32-21-23-14-9-8-10-15-23/h8-10,12-18,20H,3-7,11,19,21H2,1-2H3,(H,29,30). The van der Waals surface area contributed by atoms with E-state index in [1.54, 1.807) is 6.20 Å². The summed E-state index contributed by atoms with van der Waals surface area (Å²) in [6.07, 6.45) is 9.13. The van der Waals surface area contributed by atoms with Crippen LogP contribution in [0.15, 0.2) is 66.9 Å². The fourth-order valence-corrected chi connectivity index (χ4v) is 3.74. The van der Waals surface area contributed by atoms with Crippen LogP contribution in [-0.4, -0.2) is 17.3 Å². The Balaban J connectivity index is 1.65. The second-order valence-electron chi connectivity index (χ2n) is 8.13. The summed E-state index contributed by atoms with van der Waals surface area (Å²) in [6, 6.07) is 19.3. The van der Waals surface area contributed by atoms with Gasteiger partial charge in [0.05, 0.1) is 5.56 Å². The largest absolute Gasteiger partial charge is 0.489 e. The molecule has 0 amide bonds. The minimum atomic E-state index is -0.0359. The van der Waals surface area contributed by atoms with Gasteiger partial charge in [-0.3, -0.25) is 4.79 Å². The highest BCUT2D eigenvalue weighted by Crippen LogP contribution is 2.26. The smallest absolute Gasteiger partial charge is 0.197 e. The van der Waals surface area contributed by atoms with Crippen LogP contribution in [0.1, 0.15) is 72.5 Å². The first kappa shape index (κ1) is 23.5. The minimum Gasteiger partial charge on any atom is -0.489 e. The Labute approximate surface area is 192 Å². The molecule has 1 heterocycles. The number of hydrogen-bond acceptors (Lipinski definition) is 4. The third kappa shape index (κ3) is 6.68. The molecular formula is C28H34N2O2. The molecule has 0 aliphatic rings. The summed E-state index contributed by atoms with van der Waals surface area (Å²) < 4.78 is 6.02. The zero-order chi connectivity index (χ0) is 22.6. The fourth-order valence-electron chi connectivity index (χ4n) is 3.74. The highest BCUT2D eigenvalue weighted by molar-refractivity contribution is 6.12. The van der Waals surface area contributed by atoms with E-state index in [9.17, 15) is 4.79 Å². The minimum absolute atomic E-state index is 0.0359. The Hall–Kier alpha value is -3.14. The summed E-state index contributed by atoms with van der Waals surface area (Å²) in [6.45, 7) is 5.46. The number of nitrogens with one attached hydrogen (secondary N) is 1. The molecule has 1 aromatic heterocycles. The van der Waals surface area contributed by atoms with Crippen LogP contribution in [0.2, 0.25) is 0 Å². The van der Waals surface area contributed by atoms with Crippen molar-refractivity contribution in [2.75, 3.05) is 11.9 Å². The van der Waals surface area contributed by atoms with Gasteiger partial charge in [-0.1, -0.05) is 81.5 Å². The van der Waals surface area contributed by atoms with E-state index in [0.717, 1.165) is 29.8 Å². The van der Waals surface area contributed by atoms with E-state index in [1.807, 2.05) is 67.6 Å². The first-order chi connectivity index (χ1) is 15.7. The van der Waals surface area contributed by atoms with Gasteiger partial charge in [-0.25, -0.2) is 4.98 Å². The lowest BCUT2D eigenvalue weighted by Crippen LogP contribution is -2.12. The Morgan fingerprint density at radius 1 is 0.875 bits per heavy atom. The molecule has 168 valence electrons. The summed E-state index contributed by atoms with van der Waals surface area (Å²) in [5.41, 5.74) is 3.18. The predicted molar refractivity (Wildman–Crippen MR) is 131 cm³/mol. The molecule has 4 nitrogen and oxygen atoms in total. The molecule has 0 fully saturated rings. The van der Waals surface area contributed by atoms with Crippen LogP contribution in [0.5, 0.6) is 5.75 Å². The molecule has 0 spiro atoms. The summed E-state index contributed by atoms with van der Waals surface area (Å²) in [7, 11) is 0. The van der Waals surface area contributed by atoms with Crippen molar-refractivity contribution in [3.05, 3.63) is 89.1 Å². The fraction of sp³-hybridized carbons (Fsp3) is 0.357. The average molecular weight is 431 g/mol. The number of hydrogen-bond donors (Lipinski definition) is 1. The number of aromatic nitrogens is 1. The summed E-state index contributed by atoms with van der Waals surface area (Å²) in [5.74, 6) is 1.34. The highest BCUT2D eigenvalue weighted by atomic mass is 16.5. The lowest BCUT2D eigenvalue weighted by atomic mass is 9.98. The first-order valence-corrected chi connectivity index (χ1v) is 11.7. The Kier molecular flexibility index (Phi) is 9.30. The number of carbonyl (C=O) groups is 1. The summed E-state index contributed by atoms with van der Waals surface area (Å²) >= 11 is 0. The maximum Gasteiger partial charge on any atom is 0.197 e.